The molecule has 2 aromatic rings. The van der Waals surface area contributed by atoms with Crippen molar-refractivity contribution in [3.8, 4) is 5.75 Å². The van der Waals surface area contributed by atoms with Crippen molar-refractivity contribution >= 4 is 29.1 Å². The molecule has 0 aliphatic rings. The van der Waals surface area contributed by atoms with Crippen molar-refractivity contribution in [2.24, 2.45) is 0 Å². The quantitative estimate of drug-likeness (QED) is 0.878. The second-order valence-electron chi connectivity index (χ2n) is 4.66. The van der Waals surface area contributed by atoms with Crippen molar-refractivity contribution in [3.05, 3.63) is 35.2 Å². The van der Waals surface area contributed by atoms with E-state index < -0.39 is 5.82 Å². The van der Waals surface area contributed by atoms with Gasteiger partial charge >= 0.3 is 0 Å². The lowest BCUT2D eigenvalue weighted by atomic mass is 10.3. The third kappa shape index (κ3) is 3.95. The molecular weight excluding hydrogens is 295 g/mol. The molecule has 1 aromatic carbocycles. The molecular formula is C14H16ClFN4O. The highest BCUT2D eigenvalue weighted by Crippen LogP contribution is 2.29. The highest BCUT2D eigenvalue weighted by atomic mass is 35.5. The van der Waals surface area contributed by atoms with E-state index in [0.29, 0.717) is 22.4 Å². The van der Waals surface area contributed by atoms with Crippen LogP contribution in [-0.4, -0.2) is 23.1 Å². The maximum Gasteiger partial charge on any atom is 0.225 e. The maximum absolute atomic E-state index is 13.8. The Hall–Kier alpha value is -2.08. The molecule has 0 saturated heterocycles. The van der Waals surface area contributed by atoms with Crippen molar-refractivity contribution in [2.45, 2.75) is 19.9 Å². The number of nitrogens with one attached hydrogen (secondary N) is 2. The molecule has 0 fully saturated rings. The normalized spacial score (nSPS) is 10.6. The van der Waals surface area contributed by atoms with Crippen molar-refractivity contribution in [3.63, 3.8) is 0 Å². The highest BCUT2D eigenvalue weighted by Gasteiger charge is 2.09. The van der Waals surface area contributed by atoms with E-state index in [1.54, 1.807) is 18.2 Å². The number of ether oxygens (including phenoxy) is 1. The number of anilines is 3. The summed E-state index contributed by atoms with van der Waals surface area (Å²) in [6, 6.07) is 5.20. The molecule has 0 atom stereocenters. The van der Waals surface area contributed by atoms with Gasteiger partial charge in [0.1, 0.15) is 5.75 Å². The van der Waals surface area contributed by atoms with Crippen molar-refractivity contribution < 1.29 is 9.13 Å². The lowest BCUT2D eigenvalue weighted by Crippen LogP contribution is -2.13. The Kier molecular flexibility index (Phi) is 4.80. The van der Waals surface area contributed by atoms with Gasteiger partial charge in [0.05, 0.1) is 18.3 Å². The molecule has 7 heteroatoms. The third-order valence-corrected chi connectivity index (χ3v) is 2.87. The molecule has 0 spiro atoms. The van der Waals surface area contributed by atoms with Gasteiger partial charge in [-0.3, -0.25) is 0 Å². The Labute approximate surface area is 127 Å². The fourth-order valence-corrected chi connectivity index (χ4v) is 1.92. The zero-order valence-corrected chi connectivity index (χ0v) is 12.7. The molecule has 1 heterocycles. The zero-order valence-electron chi connectivity index (χ0n) is 11.9. The van der Waals surface area contributed by atoms with Gasteiger partial charge in [-0.15, -0.1) is 0 Å². The third-order valence-electron chi connectivity index (χ3n) is 2.58. The molecule has 0 radical (unpaired) electrons. The van der Waals surface area contributed by atoms with Gasteiger partial charge < -0.3 is 15.4 Å². The lowest BCUT2D eigenvalue weighted by molar-refractivity contribution is 0.415. The van der Waals surface area contributed by atoms with E-state index in [9.17, 15) is 4.39 Å². The summed E-state index contributed by atoms with van der Waals surface area (Å²) in [5.41, 5.74) is 0.605. The van der Waals surface area contributed by atoms with E-state index in [4.69, 9.17) is 16.3 Å². The molecule has 2 N–H and O–H groups in total. The van der Waals surface area contributed by atoms with E-state index in [1.807, 2.05) is 13.8 Å². The zero-order chi connectivity index (χ0) is 15.4. The van der Waals surface area contributed by atoms with Crippen LogP contribution in [0.25, 0.3) is 0 Å². The fraction of sp³-hybridized carbons (Fsp3) is 0.286. The predicted octanol–water partition coefficient (Wildman–Crippen LogP) is 3.84. The molecule has 112 valence electrons. The molecule has 1 aromatic heterocycles. The molecule has 0 aliphatic carbocycles. The number of nitrogens with zero attached hydrogens (tertiary/aromatic N) is 2. The molecule has 0 bridgehead atoms. The maximum atomic E-state index is 13.8. The molecule has 0 aliphatic heterocycles. The summed E-state index contributed by atoms with van der Waals surface area (Å²) in [5, 5.41) is 6.31. The van der Waals surface area contributed by atoms with E-state index in [2.05, 4.69) is 20.6 Å². The fourth-order valence-electron chi connectivity index (χ4n) is 1.66. The monoisotopic (exact) mass is 310 g/mol. The van der Waals surface area contributed by atoms with Gasteiger partial charge in [-0.1, -0.05) is 11.6 Å². The summed E-state index contributed by atoms with van der Waals surface area (Å²) in [7, 11) is 1.53. The molecule has 0 saturated carbocycles. The average Bonchev–Trinajstić information content (AvgIpc) is 2.42. The molecule has 0 amide bonds. The van der Waals surface area contributed by atoms with Crippen LogP contribution in [0.4, 0.5) is 21.8 Å². The Morgan fingerprint density at radius 3 is 2.71 bits per heavy atom. The second kappa shape index (κ2) is 6.58. The first kappa shape index (κ1) is 15.3. The Morgan fingerprint density at radius 1 is 1.33 bits per heavy atom. The number of methoxy groups -OCH3 is 1. The van der Waals surface area contributed by atoms with Crippen LogP contribution >= 0.6 is 11.6 Å². The van der Waals surface area contributed by atoms with Crippen molar-refractivity contribution in [2.75, 3.05) is 17.7 Å². The Morgan fingerprint density at radius 2 is 2.10 bits per heavy atom. The summed E-state index contributed by atoms with van der Waals surface area (Å²) >= 11 is 6.03. The topological polar surface area (TPSA) is 59.1 Å². The number of benzene rings is 1. The molecule has 21 heavy (non-hydrogen) atoms. The van der Waals surface area contributed by atoms with Gasteiger partial charge in [0.2, 0.25) is 5.95 Å². The van der Waals surface area contributed by atoms with Gasteiger partial charge in [-0.25, -0.2) is 9.37 Å². The van der Waals surface area contributed by atoms with Crippen molar-refractivity contribution in [1.82, 2.24) is 9.97 Å². The molecule has 5 nitrogen and oxygen atoms in total. The van der Waals surface area contributed by atoms with Crippen LogP contribution < -0.4 is 15.4 Å². The summed E-state index contributed by atoms with van der Waals surface area (Å²) in [4.78, 5) is 7.98. The minimum absolute atomic E-state index is 0.0781. The van der Waals surface area contributed by atoms with Crippen LogP contribution in [0, 0.1) is 5.82 Å². The van der Waals surface area contributed by atoms with Gasteiger partial charge in [0.15, 0.2) is 11.6 Å². The molecule has 0 unspecified atom stereocenters. The SMILES string of the molecule is COc1ccc(Nc2nc(NC(C)C)ncc2F)cc1Cl. The summed E-state index contributed by atoms with van der Waals surface area (Å²) in [6.45, 7) is 3.89. The second-order valence-corrected chi connectivity index (χ2v) is 5.07. The van der Waals surface area contributed by atoms with Crippen LogP contribution in [0.1, 0.15) is 13.8 Å². The first-order valence-electron chi connectivity index (χ1n) is 6.39. The standard InChI is InChI=1S/C14H16ClFN4O/c1-8(2)18-14-17-7-11(16)13(20-14)19-9-4-5-12(21-3)10(15)6-9/h4-8H,1-3H3,(H2,17,18,19,20). The van der Waals surface area contributed by atoms with E-state index in [0.717, 1.165) is 6.20 Å². The van der Waals surface area contributed by atoms with Gasteiger partial charge in [0.25, 0.3) is 0 Å². The summed E-state index contributed by atoms with van der Waals surface area (Å²) < 4.78 is 18.8. The van der Waals surface area contributed by atoms with E-state index >= 15 is 0 Å². The minimum atomic E-state index is -0.545. The van der Waals surface area contributed by atoms with Crippen molar-refractivity contribution in [1.29, 1.82) is 0 Å². The van der Waals surface area contributed by atoms with Gasteiger partial charge in [0, 0.05) is 11.7 Å². The molecule has 2 rings (SSSR count). The number of hydrogen-bond acceptors (Lipinski definition) is 5. The Balaban J connectivity index is 2.24. The van der Waals surface area contributed by atoms with Crippen LogP contribution in [-0.2, 0) is 0 Å². The van der Waals surface area contributed by atoms with Gasteiger partial charge in [-0.05, 0) is 32.0 Å². The lowest BCUT2D eigenvalue weighted by Gasteiger charge is -2.12. The van der Waals surface area contributed by atoms with Crippen LogP contribution in [0.3, 0.4) is 0 Å². The number of aromatic nitrogens is 2. The first-order valence-corrected chi connectivity index (χ1v) is 6.77. The smallest absolute Gasteiger partial charge is 0.225 e. The number of halogens is 2. The first-order chi connectivity index (χ1) is 9.99. The number of hydrogen-bond donors (Lipinski definition) is 2. The Bertz CT molecular complexity index is 636. The van der Waals surface area contributed by atoms with Crippen LogP contribution in [0.5, 0.6) is 5.75 Å². The van der Waals surface area contributed by atoms with E-state index in [-0.39, 0.29) is 11.9 Å². The van der Waals surface area contributed by atoms with E-state index in [1.165, 1.54) is 7.11 Å². The summed E-state index contributed by atoms with van der Waals surface area (Å²) in [6.07, 6.45) is 1.12. The highest BCUT2D eigenvalue weighted by molar-refractivity contribution is 6.32. The average molecular weight is 311 g/mol. The predicted molar refractivity (Wildman–Crippen MR) is 82.0 cm³/mol. The number of rotatable bonds is 5. The minimum Gasteiger partial charge on any atom is -0.495 e. The van der Waals surface area contributed by atoms with Crippen LogP contribution in [0.2, 0.25) is 5.02 Å². The largest absolute Gasteiger partial charge is 0.495 e. The summed E-state index contributed by atoms with van der Waals surface area (Å²) in [5.74, 6) is 0.437. The van der Waals surface area contributed by atoms with Crippen LogP contribution in [0.15, 0.2) is 24.4 Å². The van der Waals surface area contributed by atoms with Gasteiger partial charge in [-0.2, -0.15) is 4.98 Å².